The Labute approximate surface area is 78.2 Å². The molecule has 0 spiro atoms. The zero-order valence-electron chi connectivity index (χ0n) is 7.52. The minimum atomic E-state index is 0.674. The summed E-state index contributed by atoms with van der Waals surface area (Å²) in [5.41, 5.74) is 1.37. The van der Waals surface area contributed by atoms with Crippen molar-refractivity contribution in [3.05, 3.63) is 35.9 Å². The quantitative estimate of drug-likeness (QED) is 0.634. The number of carbonyl (C=O) groups excluding carboxylic acids is 1. The first-order valence-electron chi connectivity index (χ1n) is 4.62. The van der Waals surface area contributed by atoms with Crippen molar-refractivity contribution >= 4 is 6.41 Å². The van der Waals surface area contributed by atoms with E-state index in [0.717, 1.165) is 25.9 Å². The summed E-state index contributed by atoms with van der Waals surface area (Å²) < 4.78 is 0. The molecule has 1 saturated heterocycles. The van der Waals surface area contributed by atoms with Crippen LogP contribution in [-0.4, -0.2) is 24.4 Å². The minimum absolute atomic E-state index is 0.674. The van der Waals surface area contributed by atoms with E-state index in [0.29, 0.717) is 5.92 Å². The van der Waals surface area contributed by atoms with Crippen LogP contribution < -0.4 is 0 Å². The van der Waals surface area contributed by atoms with Crippen LogP contribution in [0.15, 0.2) is 30.3 Å². The zero-order chi connectivity index (χ0) is 9.10. The molecule has 1 aliphatic heterocycles. The Balaban J connectivity index is 1.84. The van der Waals surface area contributed by atoms with Crippen molar-refractivity contribution < 1.29 is 4.79 Å². The predicted octanol–water partition coefficient (Wildman–Crippen LogP) is 1.32. The van der Waals surface area contributed by atoms with E-state index in [4.69, 9.17) is 0 Å². The Hall–Kier alpha value is -1.31. The molecule has 0 aliphatic carbocycles. The SMILES string of the molecule is O=CN1CC(Cc2ccccc2)C1. The monoisotopic (exact) mass is 175 g/mol. The summed E-state index contributed by atoms with van der Waals surface area (Å²) in [6.45, 7) is 1.86. The third kappa shape index (κ3) is 1.89. The van der Waals surface area contributed by atoms with Gasteiger partial charge in [-0.1, -0.05) is 30.3 Å². The number of nitrogens with zero attached hydrogens (tertiary/aromatic N) is 1. The largest absolute Gasteiger partial charge is 0.345 e. The first kappa shape index (κ1) is 8.30. The third-order valence-electron chi connectivity index (χ3n) is 2.50. The fourth-order valence-corrected chi connectivity index (χ4v) is 1.77. The lowest BCUT2D eigenvalue weighted by Gasteiger charge is -2.36. The summed E-state index contributed by atoms with van der Waals surface area (Å²) in [5.74, 6) is 0.674. The van der Waals surface area contributed by atoms with Crippen molar-refractivity contribution in [1.82, 2.24) is 4.90 Å². The van der Waals surface area contributed by atoms with Gasteiger partial charge in [-0.2, -0.15) is 0 Å². The van der Waals surface area contributed by atoms with Crippen LogP contribution in [0.5, 0.6) is 0 Å². The predicted molar refractivity (Wildman–Crippen MR) is 51.3 cm³/mol. The molecule has 0 aromatic heterocycles. The van der Waals surface area contributed by atoms with Crippen molar-refractivity contribution in [1.29, 1.82) is 0 Å². The fraction of sp³-hybridized carbons (Fsp3) is 0.364. The van der Waals surface area contributed by atoms with Gasteiger partial charge in [0, 0.05) is 13.1 Å². The Bertz CT molecular complexity index is 277. The van der Waals surface area contributed by atoms with Crippen LogP contribution in [0.4, 0.5) is 0 Å². The average molecular weight is 175 g/mol. The molecule has 2 nitrogen and oxygen atoms in total. The van der Waals surface area contributed by atoms with Gasteiger partial charge in [0.15, 0.2) is 0 Å². The number of amides is 1. The normalized spacial score (nSPS) is 16.8. The van der Waals surface area contributed by atoms with Crippen molar-refractivity contribution in [2.75, 3.05) is 13.1 Å². The highest BCUT2D eigenvalue weighted by molar-refractivity contribution is 5.48. The van der Waals surface area contributed by atoms with Crippen LogP contribution in [0, 0.1) is 5.92 Å². The highest BCUT2D eigenvalue weighted by Gasteiger charge is 2.24. The Morgan fingerprint density at radius 2 is 2.00 bits per heavy atom. The van der Waals surface area contributed by atoms with Gasteiger partial charge in [0.25, 0.3) is 0 Å². The number of rotatable bonds is 3. The van der Waals surface area contributed by atoms with Crippen LogP contribution >= 0.6 is 0 Å². The Kier molecular flexibility index (Phi) is 2.30. The second kappa shape index (κ2) is 3.60. The molecule has 1 fully saturated rings. The van der Waals surface area contributed by atoms with Gasteiger partial charge in [-0.25, -0.2) is 0 Å². The number of hydrogen-bond acceptors (Lipinski definition) is 1. The third-order valence-corrected chi connectivity index (χ3v) is 2.50. The van der Waals surface area contributed by atoms with Crippen LogP contribution in [0.25, 0.3) is 0 Å². The Morgan fingerprint density at radius 1 is 1.31 bits per heavy atom. The smallest absolute Gasteiger partial charge is 0.209 e. The van der Waals surface area contributed by atoms with E-state index in [2.05, 4.69) is 24.3 Å². The number of hydrogen-bond donors (Lipinski definition) is 0. The van der Waals surface area contributed by atoms with Gasteiger partial charge in [0.05, 0.1) is 0 Å². The van der Waals surface area contributed by atoms with E-state index < -0.39 is 0 Å². The van der Waals surface area contributed by atoms with E-state index in [9.17, 15) is 4.79 Å². The first-order chi connectivity index (χ1) is 6.38. The standard InChI is InChI=1S/C11H13NO/c13-9-12-7-11(8-12)6-10-4-2-1-3-5-10/h1-5,9,11H,6-8H2. The molecule has 0 radical (unpaired) electrons. The first-order valence-corrected chi connectivity index (χ1v) is 4.62. The van der Waals surface area contributed by atoms with Crippen molar-refractivity contribution in [3.8, 4) is 0 Å². The Morgan fingerprint density at radius 3 is 2.62 bits per heavy atom. The lowest BCUT2D eigenvalue weighted by atomic mass is 9.93. The van der Waals surface area contributed by atoms with Gasteiger partial charge in [0.1, 0.15) is 0 Å². The molecule has 0 atom stereocenters. The molecule has 1 amide bonds. The molecule has 0 bridgehead atoms. The van der Waals surface area contributed by atoms with Gasteiger partial charge in [0.2, 0.25) is 6.41 Å². The molecule has 0 unspecified atom stereocenters. The summed E-state index contributed by atoms with van der Waals surface area (Å²) in [4.78, 5) is 12.1. The van der Waals surface area contributed by atoms with Crippen molar-refractivity contribution in [2.24, 2.45) is 5.92 Å². The van der Waals surface area contributed by atoms with Crippen LogP contribution in [0.1, 0.15) is 5.56 Å². The number of likely N-dealkylation sites (tertiary alicyclic amines) is 1. The topological polar surface area (TPSA) is 20.3 Å². The molecule has 2 rings (SSSR count). The van der Waals surface area contributed by atoms with E-state index in [1.54, 1.807) is 0 Å². The van der Waals surface area contributed by atoms with E-state index in [1.165, 1.54) is 5.56 Å². The fourth-order valence-electron chi connectivity index (χ4n) is 1.77. The highest BCUT2D eigenvalue weighted by atomic mass is 16.1. The van der Waals surface area contributed by atoms with Crippen molar-refractivity contribution in [3.63, 3.8) is 0 Å². The molecule has 1 aromatic rings. The molecular weight excluding hydrogens is 162 g/mol. The summed E-state index contributed by atoms with van der Waals surface area (Å²) in [7, 11) is 0. The zero-order valence-corrected chi connectivity index (χ0v) is 7.52. The molecule has 13 heavy (non-hydrogen) atoms. The highest BCUT2D eigenvalue weighted by Crippen LogP contribution is 2.18. The van der Waals surface area contributed by atoms with E-state index in [-0.39, 0.29) is 0 Å². The van der Waals surface area contributed by atoms with Gasteiger partial charge in [-0.05, 0) is 17.9 Å². The lowest BCUT2D eigenvalue weighted by Crippen LogP contribution is -2.46. The molecule has 0 N–H and O–H groups in total. The number of benzene rings is 1. The summed E-state index contributed by atoms with van der Waals surface area (Å²) in [6.07, 6.45) is 2.03. The van der Waals surface area contributed by atoms with Crippen LogP contribution in [-0.2, 0) is 11.2 Å². The van der Waals surface area contributed by atoms with Gasteiger partial charge in [-0.15, -0.1) is 0 Å². The molecule has 2 heteroatoms. The number of carbonyl (C=O) groups is 1. The average Bonchev–Trinajstić information content (AvgIpc) is 2.12. The van der Waals surface area contributed by atoms with Gasteiger partial charge >= 0.3 is 0 Å². The lowest BCUT2D eigenvalue weighted by molar-refractivity contribution is -0.123. The van der Waals surface area contributed by atoms with E-state index in [1.807, 2.05) is 11.0 Å². The molecule has 68 valence electrons. The summed E-state index contributed by atoms with van der Waals surface area (Å²) in [5, 5.41) is 0. The molecule has 0 saturated carbocycles. The molecule has 1 heterocycles. The minimum Gasteiger partial charge on any atom is -0.345 e. The summed E-state index contributed by atoms with van der Waals surface area (Å²) in [6, 6.07) is 10.4. The second-order valence-corrected chi connectivity index (χ2v) is 3.62. The molecular formula is C11H13NO. The van der Waals surface area contributed by atoms with Gasteiger partial charge in [-0.3, -0.25) is 4.79 Å². The van der Waals surface area contributed by atoms with Crippen LogP contribution in [0.3, 0.4) is 0 Å². The maximum atomic E-state index is 10.3. The van der Waals surface area contributed by atoms with Crippen molar-refractivity contribution in [2.45, 2.75) is 6.42 Å². The summed E-state index contributed by atoms with van der Waals surface area (Å²) >= 11 is 0. The van der Waals surface area contributed by atoms with Gasteiger partial charge < -0.3 is 4.90 Å². The maximum absolute atomic E-state index is 10.3. The molecule has 1 aliphatic rings. The second-order valence-electron chi connectivity index (χ2n) is 3.62. The van der Waals surface area contributed by atoms with Crippen LogP contribution in [0.2, 0.25) is 0 Å². The van der Waals surface area contributed by atoms with E-state index >= 15 is 0 Å². The maximum Gasteiger partial charge on any atom is 0.209 e. The molecule has 1 aromatic carbocycles.